The van der Waals surface area contributed by atoms with Crippen molar-refractivity contribution in [3.05, 3.63) is 99.6 Å². The number of non-ortho nitro benzene ring substituents is 1. The molecule has 0 saturated carbocycles. The number of nitriles is 1. The molecule has 4 aromatic rings. The number of carbonyl (C=O) groups is 1. The van der Waals surface area contributed by atoms with Crippen molar-refractivity contribution in [3.63, 3.8) is 0 Å². The van der Waals surface area contributed by atoms with Crippen molar-refractivity contribution in [1.29, 1.82) is 5.26 Å². The number of methoxy groups -OCH3 is 1. The summed E-state index contributed by atoms with van der Waals surface area (Å²) in [6, 6.07) is 22.4. The van der Waals surface area contributed by atoms with Crippen molar-refractivity contribution in [2.45, 2.75) is 0 Å². The lowest BCUT2D eigenvalue weighted by Crippen LogP contribution is -2.03. The van der Waals surface area contributed by atoms with Gasteiger partial charge >= 0.3 is 0 Å². The van der Waals surface area contributed by atoms with Crippen molar-refractivity contribution in [3.8, 4) is 23.1 Å². The van der Waals surface area contributed by atoms with Gasteiger partial charge in [-0.25, -0.2) is 0 Å². The minimum atomic E-state index is -0.590. The molecule has 0 saturated heterocycles. The van der Waals surface area contributed by atoms with E-state index in [1.807, 2.05) is 54.6 Å². The molecule has 0 radical (unpaired) electrons. The zero-order chi connectivity index (χ0) is 22.7. The zero-order valence-corrected chi connectivity index (χ0v) is 17.0. The third-order valence-corrected chi connectivity index (χ3v) is 5.08. The normalized spacial score (nSPS) is 11.2. The average Bonchev–Trinajstić information content (AvgIpc) is 3.20. The summed E-state index contributed by atoms with van der Waals surface area (Å²) >= 11 is 0. The van der Waals surface area contributed by atoms with E-state index in [9.17, 15) is 20.2 Å². The van der Waals surface area contributed by atoms with Gasteiger partial charge in [0.05, 0.1) is 17.7 Å². The number of hydrogen-bond donors (Lipinski definition) is 1. The molecule has 7 nitrogen and oxygen atoms in total. The summed E-state index contributed by atoms with van der Waals surface area (Å²) in [6.45, 7) is 0. The van der Waals surface area contributed by atoms with Gasteiger partial charge in [0.25, 0.3) is 5.69 Å². The molecule has 4 rings (SSSR count). The molecule has 0 atom stereocenters. The van der Waals surface area contributed by atoms with Gasteiger partial charge in [0.15, 0.2) is 0 Å². The van der Waals surface area contributed by atoms with Crippen LogP contribution in [0.3, 0.4) is 0 Å². The molecule has 3 aromatic carbocycles. The molecule has 32 heavy (non-hydrogen) atoms. The summed E-state index contributed by atoms with van der Waals surface area (Å²) in [5, 5.41) is 21.6. The number of H-pyrrole nitrogens is 1. The van der Waals surface area contributed by atoms with E-state index in [0.717, 1.165) is 22.2 Å². The van der Waals surface area contributed by atoms with E-state index < -0.39 is 10.7 Å². The Hall–Kier alpha value is -4.70. The quantitative estimate of drug-likeness (QED) is 0.144. The Morgan fingerprint density at radius 1 is 1.09 bits per heavy atom. The number of aromatic amines is 1. The molecule has 1 N–H and O–H groups in total. The molecule has 0 unspecified atom stereocenters. The predicted octanol–water partition coefficient (Wildman–Crippen LogP) is 5.54. The van der Waals surface area contributed by atoms with Crippen LogP contribution in [0.2, 0.25) is 0 Å². The molecule has 0 bridgehead atoms. The van der Waals surface area contributed by atoms with Crippen LogP contribution < -0.4 is 4.74 Å². The number of fused-ring (bicyclic) bond motifs is 1. The number of carbonyl (C=O) groups excluding carboxylic acids is 1. The Balaban J connectivity index is 1.90. The first-order chi connectivity index (χ1) is 15.5. The Morgan fingerprint density at radius 2 is 1.88 bits per heavy atom. The van der Waals surface area contributed by atoms with Crippen LogP contribution in [0.4, 0.5) is 5.69 Å². The molecule has 7 heteroatoms. The van der Waals surface area contributed by atoms with Crippen molar-refractivity contribution in [2.75, 3.05) is 7.11 Å². The third-order valence-electron chi connectivity index (χ3n) is 5.08. The Labute approximate surface area is 183 Å². The van der Waals surface area contributed by atoms with Crippen LogP contribution >= 0.6 is 0 Å². The first-order valence-electron chi connectivity index (χ1n) is 9.68. The van der Waals surface area contributed by atoms with E-state index in [2.05, 4.69) is 4.98 Å². The van der Waals surface area contributed by atoms with Gasteiger partial charge in [0, 0.05) is 34.2 Å². The number of ether oxygens (including phenoxy) is 1. The molecule has 156 valence electrons. The summed E-state index contributed by atoms with van der Waals surface area (Å²) in [6.07, 6.45) is 1.52. The van der Waals surface area contributed by atoms with Crippen molar-refractivity contribution in [2.24, 2.45) is 0 Å². The van der Waals surface area contributed by atoms with Gasteiger partial charge in [-0.15, -0.1) is 0 Å². The number of hydrogen-bond acceptors (Lipinski definition) is 5. The SMILES string of the molecule is COc1ccc2[nH]c(-c3ccccc3)c(C=C(C#N)C(=O)c3cccc([N+](=O)[O-])c3)c2c1. The third kappa shape index (κ3) is 3.85. The highest BCUT2D eigenvalue weighted by atomic mass is 16.6. The summed E-state index contributed by atoms with van der Waals surface area (Å²) in [5.41, 5.74) is 2.82. The van der Waals surface area contributed by atoms with Gasteiger partial charge in [-0.2, -0.15) is 5.26 Å². The van der Waals surface area contributed by atoms with Gasteiger partial charge in [0.1, 0.15) is 17.4 Å². The highest BCUT2D eigenvalue weighted by Crippen LogP contribution is 2.34. The number of rotatable bonds is 6. The minimum Gasteiger partial charge on any atom is -0.497 e. The smallest absolute Gasteiger partial charge is 0.270 e. The van der Waals surface area contributed by atoms with Gasteiger partial charge in [-0.05, 0) is 29.8 Å². The number of Topliss-reactive ketones (excluding diaryl/α,β-unsaturated/α-hetero) is 1. The van der Waals surface area contributed by atoms with Gasteiger partial charge in [-0.1, -0.05) is 42.5 Å². The van der Waals surface area contributed by atoms with E-state index in [1.54, 1.807) is 7.11 Å². The van der Waals surface area contributed by atoms with E-state index in [-0.39, 0.29) is 16.8 Å². The molecular formula is C25H17N3O4. The Kier molecular flexibility index (Phi) is 5.51. The minimum absolute atomic E-state index is 0.0747. The average molecular weight is 423 g/mol. The number of ketones is 1. The molecule has 0 aliphatic rings. The Bertz CT molecular complexity index is 1410. The molecule has 0 spiro atoms. The second-order valence-corrected chi connectivity index (χ2v) is 7.00. The monoisotopic (exact) mass is 423 g/mol. The first-order valence-corrected chi connectivity index (χ1v) is 9.68. The molecule has 0 aliphatic carbocycles. The fraction of sp³-hybridized carbons (Fsp3) is 0.0400. The van der Waals surface area contributed by atoms with Gasteiger partial charge < -0.3 is 9.72 Å². The fourth-order valence-electron chi connectivity index (χ4n) is 3.51. The van der Waals surface area contributed by atoms with Crippen LogP contribution in [0.5, 0.6) is 5.75 Å². The highest BCUT2D eigenvalue weighted by Gasteiger charge is 2.19. The van der Waals surface area contributed by atoms with Crippen LogP contribution in [0.25, 0.3) is 28.2 Å². The second kappa shape index (κ2) is 8.58. The molecular weight excluding hydrogens is 406 g/mol. The zero-order valence-electron chi connectivity index (χ0n) is 17.0. The number of aromatic nitrogens is 1. The van der Waals surface area contributed by atoms with E-state index in [0.29, 0.717) is 11.3 Å². The van der Waals surface area contributed by atoms with Crippen molar-refractivity contribution >= 4 is 28.4 Å². The highest BCUT2D eigenvalue weighted by molar-refractivity contribution is 6.15. The van der Waals surface area contributed by atoms with Crippen LogP contribution in [0.1, 0.15) is 15.9 Å². The lowest BCUT2D eigenvalue weighted by atomic mass is 9.98. The van der Waals surface area contributed by atoms with Crippen LogP contribution in [-0.4, -0.2) is 22.8 Å². The first kappa shape index (κ1) is 20.6. The molecule has 0 fully saturated rings. The maximum absolute atomic E-state index is 13.0. The number of nitrogens with zero attached hydrogens (tertiary/aromatic N) is 2. The topological polar surface area (TPSA) is 109 Å². The molecule has 1 heterocycles. The summed E-state index contributed by atoms with van der Waals surface area (Å²) in [4.78, 5) is 26.9. The molecule has 0 amide bonds. The standard InChI is InChI=1S/C25H17N3O4/c1-32-20-10-11-23-21(14-20)22(24(27-23)16-6-3-2-4-7-16)13-18(15-26)25(29)17-8-5-9-19(12-17)28(30)31/h2-14,27H,1H3. The molecule has 1 aromatic heterocycles. The Morgan fingerprint density at radius 3 is 2.56 bits per heavy atom. The van der Waals surface area contributed by atoms with E-state index >= 15 is 0 Å². The van der Waals surface area contributed by atoms with Crippen LogP contribution in [-0.2, 0) is 0 Å². The van der Waals surface area contributed by atoms with Crippen molar-refractivity contribution < 1.29 is 14.5 Å². The van der Waals surface area contributed by atoms with Crippen LogP contribution in [0.15, 0.2) is 78.4 Å². The second-order valence-electron chi connectivity index (χ2n) is 7.00. The number of benzene rings is 3. The van der Waals surface area contributed by atoms with E-state index in [1.165, 1.54) is 30.3 Å². The van der Waals surface area contributed by atoms with E-state index in [4.69, 9.17) is 4.74 Å². The largest absolute Gasteiger partial charge is 0.497 e. The van der Waals surface area contributed by atoms with Crippen molar-refractivity contribution in [1.82, 2.24) is 4.98 Å². The van der Waals surface area contributed by atoms with Gasteiger partial charge in [0.2, 0.25) is 5.78 Å². The molecule has 0 aliphatic heterocycles. The number of nitro groups is 1. The summed E-state index contributed by atoms with van der Waals surface area (Å²) < 4.78 is 5.35. The number of nitro benzene ring substituents is 1. The van der Waals surface area contributed by atoms with Crippen LogP contribution in [0, 0.1) is 21.4 Å². The lowest BCUT2D eigenvalue weighted by molar-refractivity contribution is -0.384. The number of nitrogens with one attached hydrogen (secondary N) is 1. The fourth-order valence-corrected chi connectivity index (χ4v) is 3.51. The lowest BCUT2D eigenvalue weighted by Gasteiger charge is -2.04. The summed E-state index contributed by atoms with van der Waals surface area (Å²) in [7, 11) is 1.56. The number of allylic oxidation sites excluding steroid dienone is 1. The maximum atomic E-state index is 13.0. The maximum Gasteiger partial charge on any atom is 0.270 e. The van der Waals surface area contributed by atoms with Gasteiger partial charge in [-0.3, -0.25) is 14.9 Å². The summed E-state index contributed by atoms with van der Waals surface area (Å²) in [5.74, 6) is 0.0433. The predicted molar refractivity (Wildman–Crippen MR) is 121 cm³/mol.